The Kier molecular flexibility index (Phi) is 9.36. The summed E-state index contributed by atoms with van der Waals surface area (Å²) < 4.78 is 22.2. The molecule has 55 heavy (non-hydrogen) atoms. The van der Waals surface area contributed by atoms with E-state index in [0.717, 1.165) is 30.6 Å². The van der Waals surface area contributed by atoms with Crippen molar-refractivity contribution in [1.82, 2.24) is 0 Å². The van der Waals surface area contributed by atoms with E-state index in [-0.39, 0.29) is 45.0 Å². The molecule has 10 heteroatoms. The molecule has 4 fully saturated rings. The van der Waals surface area contributed by atoms with Gasteiger partial charge in [-0.25, -0.2) is 24.0 Å². The van der Waals surface area contributed by atoms with E-state index < -0.39 is 35.6 Å². The molecule has 9 unspecified atom stereocenters. The number of carbonyl (C=O) groups is 5. The topological polar surface area (TPSA) is 146 Å². The van der Waals surface area contributed by atoms with Crippen molar-refractivity contribution in [2.24, 2.45) is 52.3 Å². The zero-order valence-electron chi connectivity index (χ0n) is 32.7. The molecule has 0 bridgehead atoms. The fourth-order valence-corrected chi connectivity index (χ4v) is 12.3. The normalized spacial score (nSPS) is 33.8. The Hall–Kier alpha value is -4.34. The van der Waals surface area contributed by atoms with Crippen molar-refractivity contribution in [2.45, 2.75) is 117 Å². The molecule has 9 atom stereocenters. The monoisotopic (exact) mass is 751 g/mol. The van der Waals surface area contributed by atoms with Gasteiger partial charge in [0.05, 0.1) is 33.4 Å². The van der Waals surface area contributed by atoms with Crippen molar-refractivity contribution in [3.8, 4) is 0 Å². The molecule has 2 aliphatic heterocycles. The smallest absolute Gasteiger partial charge is 0.346 e. The molecule has 0 aromatic heterocycles. The number of hydrogen-bond acceptors (Lipinski definition) is 10. The third-order valence-corrected chi connectivity index (χ3v) is 15.2. The highest BCUT2D eigenvalue weighted by Crippen LogP contribution is 2.69. The van der Waals surface area contributed by atoms with Crippen LogP contribution < -0.4 is 0 Å². The molecular formula is C45H53NO9. The second-order valence-corrected chi connectivity index (χ2v) is 18.5. The molecule has 4 aliphatic carbocycles. The highest BCUT2D eigenvalue weighted by atomic mass is 16.7. The minimum Gasteiger partial charge on any atom is -0.419 e. The lowest BCUT2D eigenvalue weighted by Crippen LogP contribution is -2.57. The molecule has 292 valence electrons. The Balaban J connectivity index is 1.04. The molecule has 2 heterocycles. The van der Waals surface area contributed by atoms with Gasteiger partial charge in [0.1, 0.15) is 0 Å². The highest BCUT2D eigenvalue weighted by Gasteiger charge is 2.63. The zero-order chi connectivity index (χ0) is 39.0. The fraction of sp³-hybridized carbons (Fsp3) is 0.600. The van der Waals surface area contributed by atoms with E-state index in [0.29, 0.717) is 48.0 Å². The summed E-state index contributed by atoms with van der Waals surface area (Å²) in [5.74, 6) is -1.49. The molecule has 6 aliphatic rings. The molecule has 2 aromatic rings. The summed E-state index contributed by atoms with van der Waals surface area (Å²) in [6.45, 7) is 12.1. The molecule has 0 spiro atoms. The van der Waals surface area contributed by atoms with Crippen LogP contribution in [0.1, 0.15) is 169 Å². The molecular weight excluding hydrogens is 698 g/mol. The van der Waals surface area contributed by atoms with Crippen molar-refractivity contribution in [2.75, 3.05) is 0 Å². The standard InChI is InChI=1S/C45H53NO9/c1-24(2)7-6-8-25(3)34-15-16-35-31-14-11-28-23-45(20-19-43(28,4)36(31)17-18-44(34,35)5,54-38(47)26-9-12-29-32(21-26)41(50)52-37(29)46)55-39(48)27-10-13-30-33(22-27)42(51)53-40(30)49/h9-10,12-13,21-22,24-25,28,31,34-36,46H,6-8,11,14-20,23H2,1-5H3. The maximum atomic E-state index is 14.0. The van der Waals surface area contributed by atoms with Gasteiger partial charge in [-0.3, -0.25) is 5.41 Å². The maximum absolute atomic E-state index is 14.0. The lowest BCUT2D eigenvalue weighted by atomic mass is 9.44. The number of ether oxygens (including phenoxy) is 4. The second kappa shape index (κ2) is 13.7. The van der Waals surface area contributed by atoms with Gasteiger partial charge in [0.15, 0.2) is 0 Å². The van der Waals surface area contributed by atoms with Crippen LogP contribution in [0.15, 0.2) is 36.4 Å². The number of benzene rings is 2. The van der Waals surface area contributed by atoms with Gasteiger partial charge in [0.25, 0.3) is 5.79 Å². The summed E-state index contributed by atoms with van der Waals surface area (Å²) in [5.41, 5.74) is 0.909. The van der Waals surface area contributed by atoms with E-state index in [1.807, 2.05) is 0 Å². The number of fused-ring (bicyclic) bond motifs is 7. The van der Waals surface area contributed by atoms with Gasteiger partial charge in [0, 0.05) is 12.8 Å². The number of hydrogen-bond donors (Lipinski definition) is 1. The van der Waals surface area contributed by atoms with Crippen LogP contribution in [0.4, 0.5) is 0 Å². The lowest BCUT2D eigenvalue weighted by Gasteiger charge is -2.62. The second-order valence-electron chi connectivity index (χ2n) is 18.5. The van der Waals surface area contributed by atoms with Gasteiger partial charge in [-0.05, 0) is 134 Å². The first-order chi connectivity index (χ1) is 26.1. The highest BCUT2D eigenvalue weighted by molar-refractivity contribution is 6.17. The van der Waals surface area contributed by atoms with Gasteiger partial charge < -0.3 is 18.9 Å². The molecule has 0 amide bonds. The Morgan fingerprint density at radius 3 is 2.04 bits per heavy atom. The SMILES string of the molecule is CC(C)CCCC(C)C1CCC2C3CCC4CC(OC(=O)c5ccc6c(c5)C(=O)OC6=N)(OC(=O)c5ccc6c(c5)C(=O)OC6=O)CCC4(C)C3CCC12C. The van der Waals surface area contributed by atoms with E-state index >= 15 is 0 Å². The first-order valence-corrected chi connectivity index (χ1v) is 20.4. The first-order valence-electron chi connectivity index (χ1n) is 20.4. The summed E-state index contributed by atoms with van der Waals surface area (Å²) in [7, 11) is 0. The molecule has 8 rings (SSSR count). The Bertz CT molecular complexity index is 1890. The average molecular weight is 752 g/mol. The Morgan fingerprint density at radius 1 is 0.727 bits per heavy atom. The van der Waals surface area contributed by atoms with Crippen LogP contribution in [0.2, 0.25) is 0 Å². The van der Waals surface area contributed by atoms with Crippen molar-refractivity contribution in [1.29, 1.82) is 5.41 Å². The van der Waals surface area contributed by atoms with E-state index in [1.165, 1.54) is 81.3 Å². The number of esters is 5. The quantitative estimate of drug-likeness (QED) is 0.115. The van der Waals surface area contributed by atoms with Crippen LogP contribution >= 0.6 is 0 Å². The Morgan fingerprint density at radius 2 is 1.35 bits per heavy atom. The van der Waals surface area contributed by atoms with Crippen molar-refractivity contribution in [3.63, 3.8) is 0 Å². The summed E-state index contributed by atoms with van der Waals surface area (Å²) >= 11 is 0. The summed E-state index contributed by atoms with van der Waals surface area (Å²) in [6.07, 6.45) is 12.3. The molecule has 0 saturated heterocycles. The van der Waals surface area contributed by atoms with Crippen LogP contribution in [0.25, 0.3) is 0 Å². The summed E-state index contributed by atoms with van der Waals surface area (Å²) in [5, 5.41) is 7.92. The van der Waals surface area contributed by atoms with Crippen LogP contribution in [0, 0.1) is 57.7 Å². The van der Waals surface area contributed by atoms with Crippen LogP contribution in [0.3, 0.4) is 0 Å². The van der Waals surface area contributed by atoms with E-state index in [2.05, 4.69) is 34.6 Å². The van der Waals surface area contributed by atoms with Crippen LogP contribution in [-0.4, -0.2) is 41.5 Å². The van der Waals surface area contributed by atoms with Crippen molar-refractivity contribution >= 4 is 35.7 Å². The molecule has 0 radical (unpaired) electrons. The van der Waals surface area contributed by atoms with Gasteiger partial charge in [-0.2, -0.15) is 0 Å². The van der Waals surface area contributed by atoms with Gasteiger partial charge in [0.2, 0.25) is 5.90 Å². The van der Waals surface area contributed by atoms with Crippen LogP contribution in [-0.2, 0) is 18.9 Å². The molecule has 4 saturated carbocycles. The number of nitrogens with one attached hydrogen (secondary N) is 1. The Labute approximate surface area is 322 Å². The molecule has 2 aromatic carbocycles. The minimum absolute atomic E-state index is 0.0148. The molecule has 10 nitrogen and oxygen atoms in total. The van der Waals surface area contributed by atoms with Crippen molar-refractivity contribution < 1.29 is 42.9 Å². The third kappa shape index (κ3) is 6.31. The molecule has 1 N–H and O–H groups in total. The summed E-state index contributed by atoms with van der Waals surface area (Å²) in [6, 6.07) is 8.40. The number of carbonyl (C=O) groups excluding carboxylic acids is 5. The van der Waals surface area contributed by atoms with Crippen molar-refractivity contribution in [3.05, 3.63) is 69.8 Å². The number of rotatable bonds is 9. The maximum Gasteiger partial charge on any atom is 0.346 e. The third-order valence-electron chi connectivity index (χ3n) is 15.2. The zero-order valence-corrected chi connectivity index (χ0v) is 32.7. The predicted octanol–water partition coefficient (Wildman–Crippen LogP) is 9.32. The van der Waals surface area contributed by atoms with Gasteiger partial charge in [-0.15, -0.1) is 0 Å². The lowest BCUT2D eigenvalue weighted by molar-refractivity contribution is -0.232. The average Bonchev–Trinajstić information content (AvgIpc) is 3.76. The van der Waals surface area contributed by atoms with E-state index in [9.17, 15) is 24.0 Å². The summed E-state index contributed by atoms with van der Waals surface area (Å²) in [4.78, 5) is 64.7. The number of cyclic esters (lactones) is 3. The van der Waals surface area contributed by atoms with Crippen LogP contribution in [0.5, 0.6) is 0 Å². The predicted molar refractivity (Wildman–Crippen MR) is 202 cm³/mol. The van der Waals surface area contributed by atoms with Gasteiger partial charge in [-0.1, -0.05) is 53.9 Å². The van der Waals surface area contributed by atoms with E-state index in [4.69, 9.17) is 24.4 Å². The first kappa shape index (κ1) is 37.6. The largest absolute Gasteiger partial charge is 0.419 e. The fourth-order valence-electron chi connectivity index (χ4n) is 12.3. The van der Waals surface area contributed by atoms with Gasteiger partial charge >= 0.3 is 29.8 Å². The minimum atomic E-state index is -1.61. The van der Waals surface area contributed by atoms with E-state index in [1.54, 1.807) is 0 Å².